The SMILES string of the molecule is CC/C=C\C/C=C\C/C=C\C/C=C\C/C=C\CCCCCCCC(=O)OCC(COC(=O)CCCCCCCCCCC)OC(=O)CCCCCCC/C=C\CCC. The molecule has 0 aromatic carbocycles. The van der Waals surface area contributed by atoms with Crippen LogP contribution in [-0.2, 0) is 28.6 Å². The Morgan fingerprint density at radius 2 is 0.707 bits per heavy atom. The summed E-state index contributed by atoms with van der Waals surface area (Å²) < 4.78 is 16.7. The lowest BCUT2D eigenvalue weighted by atomic mass is 10.1. The number of hydrogen-bond donors (Lipinski definition) is 0. The predicted octanol–water partition coefficient (Wildman–Crippen LogP) is 15.5. The van der Waals surface area contributed by atoms with Gasteiger partial charge in [-0.1, -0.05) is 190 Å². The van der Waals surface area contributed by atoms with Crippen LogP contribution in [0.25, 0.3) is 0 Å². The highest BCUT2D eigenvalue weighted by atomic mass is 16.6. The van der Waals surface area contributed by atoms with Gasteiger partial charge in [0, 0.05) is 19.3 Å². The Morgan fingerprint density at radius 3 is 1.14 bits per heavy atom. The van der Waals surface area contributed by atoms with Crippen LogP contribution in [0.5, 0.6) is 0 Å². The fraction of sp³-hybridized carbons (Fsp3) is 0.712. The lowest BCUT2D eigenvalue weighted by Crippen LogP contribution is -2.30. The minimum absolute atomic E-state index is 0.0846. The van der Waals surface area contributed by atoms with Crippen molar-refractivity contribution in [3.63, 3.8) is 0 Å². The Kier molecular flexibility index (Phi) is 44.0. The molecule has 6 heteroatoms. The van der Waals surface area contributed by atoms with Gasteiger partial charge in [-0.25, -0.2) is 0 Å². The number of esters is 3. The molecule has 0 aromatic rings. The summed E-state index contributed by atoms with van der Waals surface area (Å²) in [4.78, 5) is 37.7. The molecule has 0 saturated carbocycles. The normalized spacial score (nSPS) is 12.7. The van der Waals surface area contributed by atoms with Gasteiger partial charge in [0.1, 0.15) is 13.2 Å². The van der Waals surface area contributed by atoms with E-state index in [4.69, 9.17) is 14.2 Å². The van der Waals surface area contributed by atoms with Gasteiger partial charge in [0.2, 0.25) is 0 Å². The predicted molar refractivity (Wildman–Crippen MR) is 247 cm³/mol. The number of unbranched alkanes of at least 4 members (excludes halogenated alkanes) is 19. The van der Waals surface area contributed by atoms with Gasteiger partial charge in [-0.2, -0.15) is 0 Å². The molecule has 0 aliphatic heterocycles. The monoisotopic (exact) mass is 809 g/mol. The van der Waals surface area contributed by atoms with Gasteiger partial charge in [0.15, 0.2) is 6.10 Å². The van der Waals surface area contributed by atoms with E-state index in [1.165, 1.54) is 51.4 Å². The van der Waals surface area contributed by atoms with Crippen LogP contribution in [0.3, 0.4) is 0 Å². The number of hydrogen-bond acceptors (Lipinski definition) is 6. The van der Waals surface area contributed by atoms with Crippen LogP contribution in [0.2, 0.25) is 0 Å². The lowest BCUT2D eigenvalue weighted by Gasteiger charge is -2.18. The molecule has 0 spiro atoms. The Hall–Kier alpha value is -3.15. The molecular weight excluding hydrogens is 721 g/mol. The summed E-state index contributed by atoms with van der Waals surface area (Å²) in [6.07, 6.45) is 57.5. The van der Waals surface area contributed by atoms with Crippen LogP contribution >= 0.6 is 0 Å². The first kappa shape index (κ1) is 54.9. The van der Waals surface area contributed by atoms with Crippen LogP contribution in [0.15, 0.2) is 72.9 Å². The molecule has 332 valence electrons. The molecule has 58 heavy (non-hydrogen) atoms. The van der Waals surface area contributed by atoms with Crippen molar-refractivity contribution in [2.75, 3.05) is 13.2 Å². The number of rotatable bonds is 42. The van der Waals surface area contributed by atoms with Gasteiger partial charge in [0.05, 0.1) is 0 Å². The molecule has 0 fully saturated rings. The van der Waals surface area contributed by atoms with Crippen molar-refractivity contribution in [1.29, 1.82) is 0 Å². The summed E-state index contributed by atoms with van der Waals surface area (Å²) in [6.45, 7) is 6.40. The average Bonchev–Trinajstić information content (AvgIpc) is 3.22. The second-order valence-electron chi connectivity index (χ2n) is 15.6. The Labute approximate surface area is 357 Å². The summed E-state index contributed by atoms with van der Waals surface area (Å²) in [5.74, 6) is -0.922. The minimum atomic E-state index is -0.783. The third-order valence-corrected chi connectivity index (χ3v) is 9.93. The van der Waals surface area contributed by atoms with Crippen molar-refractivity contribution in [3.8, 4) is 0 Å². The molecule has 0 amide bonds. The molecule has 6 nitrogen and oxygen atoms in total. The Bertz CT molecular complexity index is 1110. The zero-order valence-corrected chi connectivity index (χ0v) is 37.8. The van der Waals surface area contributed by atoms with E-state index in [1.807, 2.05) is 0 Å². The van der Waals surface area contributed by atoms with Gasteiger partial charge in [-0.15, -0.1) is 0 Å². The van der Waals surface area contributed by atoms with E-state index < -0.39 is 6.10 Å². The van der Waals surface area contributed by atoms with Gasteiger partial charge in [-0.3, -0.25) is 14.4 Å². The second kappa shape index (κ2) is 46.5. The highest BCUT2D eigenvalue weighted by molar-refractivity contribution is 5.71. The molecule has 0 heterocycles. The van der Waals surface area contributed by atoms with Gasteiger partial charge >= 0.3 is 17.9 Å². The highest BCUT2D eigenvalue weighted by Crippen LogP contribution is 2.13. The third-order valence-electron chi connectivity index (χ3n) is 9.93. The zero-order chi connectivity index (χ0) is 42.3. The smallest absolute Gasteiger partial charge is 0.306 e. The lowest BCUT2D eigenvalue weighted by molar-refractivity contribution is -0.167. The van der Waals surface area contributed by atoms with Crippen LogP contribution < -0.4 is 0 Å². The van der Waals surface area contributed by atoms with E-state index in [2.05, 4.69) is 93.7 Å². The summed E-state index contributed by atoms with van der Waals surface area (Å²) >= 11 is 0. The molecule has 0 aliphatic rings. The minimum Gasteiger partial charge on any atom is -0.462 e. The first-order valence-corrected chi connectivity index (χ1v) is 23.9. The summed E-state index contributed by atoms with van der Waals surface area (Å²) in [5, 5.41) is 0. The Morgan fingerprint density at radius 1 is 0.362 bits per heavy atom. The maximum atomic E-state index is 12.7. The number of carbonyl (C=O) groups excluding carboxylic acids is 3. The van der Waals surface area contributed by atoms with Crippen LogP contribution in [0.4, 0.5) is 0 Å². The van der Waals surface area contributed by atoms with E-state index in [1.54, 1.807) is 0 Å². The first-order chi connectivity index (χ1) is 28.5. The van der Waals surface area contributed by atoms with E-state index in [9.17, 15) is 14.4 Å². The van der Waals surface area contributed by atoms with Gasteiger partial charge in [-0.05, 0) is 83.5 Å². The first-order valence-electron chi connectivity index (χ1n) is 23.9. The van der Waals surface area contributed by atoms with E-state index >= 15 is 0 Å². The standard InChI is InChI=1S/C52H88O6/c1-4-7-10-13-16-19-21-22-23-24-25-26-27-28-29-30-31-34-36-39-42-45-51(54)57-48-49(47-56-50(53)44-41-38-35-32-18-15-12-9-6-3)58-52(55)46-43-40-37-33-20-17-14-11-8-5-2/h7,10-11,14,16,19,22-23,25-26,28-29,49H,4-6,8-9,12-13,15,17-18,20-21,24,27,30-48H2,1-3H3/b10-7-,14-11-,19-16-,23-22-,26-25-,29-28-. The molecule has 0 N–H and O–H groups in total. The van der Waals surface area contributed by atoms with E-state index in [0.29, 0.717) is 19.3 Å². The topological polar surface area (TPSA) is 78.9 Å². The molecule has 1 unspecified atom stereocenters. The quantitative estimate of drug-likeness (QED) is 0.0264. The summed E-state index contributed by atoms with van der Waals surface area (Å²) in [6, 6.07) is 0. The number of carbonyl (C=O) groups is 3. The molecule has 0 aromatic heterocycles. The third kappa shape index (κ3) is 44.0. The van der Waals surface area contributed by atoms with Crippen molar-refractivity contribution < 1.29 is 28.6 Å². The molecule has 0 bridgehead atoms. The second-order valence-corrected chi connectivity index (χ2v) is 15.6. The molecule has 0 saturated heterocycles. The average molecular weight is 809 g/mol. The molecule has 0 rings (SSSR count). The van der Waals surface area contributed by atoms with Crippen LogP contribution in [-0.4, -0.2) is 37.2 Å². The van der Waals surface area contributed by atoms with E-state index in [-0.39, 0.29) is 31.1 Å². The number of ether oxygens (including phenoxy) is 3. The van der Waals surface area contributed by atoms with Crippen molar-refractivity contribution in [3.05, 3.63) is 72.9 Å². The van der Waals surface area contributed by atoms with Crippen LogP contribution in [0, 0.1) is 0 Å². The van der Waals surface area contributed by atoms with Gasteiger partial charge in [0.25, 0.3) is 0 Å². The summed E-state index contributed by atoms with van der Waals surface area (Å²) in [5.41, 5.74) is 0. The summed E-state index contributed by atoms with van der Waals surface area (Å²) in [7, 11) is 0. The van der Waals surface area contributed by atoms with Crippen LogP contribution in [0.1, 0.15) is 220 Å². The maximum Gasteiger partial charge on any atom is 0.306 e. The molecular formula is C52H88O6. The van der Waals surface area contributed by atoms with Gasteiger partial charge < -0.3 is 14.2 Å². The zero-order valence-electron chi connectivity index (χ0n) is 37.8. The molecule has 0 radical (unpaired) electrons. The maximum absolute atomic E-state index is 12.7. The van der Waals surface area contributed by atoms with E-state index in [0.717, 1.165) is 128 Å². The Balaban J connectivity index is 4.32. The molecule has 0 aliphatic carbocycles. The van der Waals surface area contributed by atoms with Crippen molar-refractivity contribution in [1.82, 2.24) is 0 Å². The fourth-order valence-electron chi connectivity index (χ4n) is 6.35. The molecule has 1 atom stereocenters. The van der Waals surface area contributed by atoms with Crippen molar-refractivity contribution in [2.45, 2.75) is 226 Å². The highest BCUT2D eigenvalue weighted by Gasteiger charge is 2.19. The van der Waals surface area contributed by atoms with Crippen molar-refractivity contribution >= 4 is 17.9 Å². The largest absolute Gasteiger partial charge is 0.462 e. The van der Waals surface area contributed by atoms with Crippen molar-refractivity contribution in [2.24, 2.45) is 0 Å². The fourth-order valence-corrected chi connectivity index (χ4v) is 6.35. The number of allylic oxidation sites excluding steroid dienone is 12.